The van der Waals surface area contributed by atoms with Crippen LogP contribution in [0.15, 0.2) is 35.8 Å². The van der Waals surface area contributed by atoms with Gasteiger partial charge in [-0.25, -0.2) is 9.97 Å². The van der Waals surface area contributed by atoms with Crippen LogP contribution in [-0.2, 0) is 4.79 Å². The first-order valence-electron chi connectivity index (χ1n) is 6.48. The van der Waals surface area contributed by atoms with Crippen LogP contribution >= 0.6 is 23.1 Å². The number of rotatable bonds is 5. The van der Waals surface area contributed by atoms with Crippen LogP contribution < -0.4 is 5.32 Å². The van der Waals surface area contributed by atoms with E-state index in [9.17, 15) is 4.79 Å². The molecule has 7 heteroatoms. The van der Waals surface area contributed by atoms with Crippen LogP contribution in [0.5, 0.6) is 0 Å². The minimum Gasteiger partial charge on any atom is -0.341 e. The molecule has 2 N–H and O–H groups in total. The highest BCUT2D eigenvalue weighted by molar-refractivity contribution is 8.00. The summed E-state index contributed by atoms with van der Waals surface area (Å²) in [5.74, 6) is 1.22. The fourth-order valence-electron chi connectivity index (χ4n) is 1.89. The summed E-state index contributed by atoms with van der Waals surface area (Å²) in [7, 11) is 0. The second-order valence-corrected chi connectivity index (χ2v) is 6.70. The number of imidazole rings is 1. The summed E-state index contributed by atoms with van der Waals surface area (Å²) >= 11 is 2.96. The van der Waals surface area contributed by atoms with Gasteiger partial charge in [-0.3, -0.25) is 4.79 Å². The molecule has 3 rings (SSSR count). The number of amides is 1. The van der Waals surface area contributed by atoms with E-state index in [0.717, 1.165) is 16.9 Å². The third kappa shape index (κ3) is 3.43. The van der Waals surface area contributed by atoms with E-state index in [4.69, 9.17) is 0 Å². The molecule has 0 aliphatic rings. The van der Waals surface area contributed by atoms with Gasteiger partial charge >= 0.3 is 0 Å². The summed E-state index contributed by atoms with van der Waals surface area (Å²) in [6, 6.07) is 7.91. The highest BCUT2D eigenvalue weighted by Gasteiger charge is 2.13. The predicted octanol–water partition coefficient (Wildman–Crippen LogP) is 3.45. The zero-order valence-electron chi connectivity index (χ0n) is 11.4. The van der Waals surface area contributed by atoms with Crippen molar-refractivity contribution in [3.63, 3.8) is 0 Å². The first-order chi connectivity index (χ1) is 10.2. The molecular formula is C14H14N4OS2. The van der Waals surface area contributed by atoms with E-state index >= 15 is 0 Å². The number of nitrogens with one attached hydrogen (secondary N) is 2. The number of carbonyl (C=O) groups is 1. The van der Waals surface area contributed by atoms with Crippen molar-refractivity contribution < 1.29 is 4.79 Å². The van der Waals surface area contributed by atoms with Crippen LogP contribution in [0.3, 0.4) is 0 Å². The monoisotopic (exact) mass is 318 g/mol. The van der Waals surface area contributed by atoms with Gasteiger partial charge < -0.3 is 10.3 Å². The Hall–Kier alpha value is -1.86. The lowest BCUT2D eigenvalue weighted by Gasteiger charge is -2.07. The van der Waals surface area contributed by atoms with Crippen molar-refractivity contribution in [3.05, 3.63) is 41.7 Å². The van der Waals surface area contributed by atoms with Gasteiger partial charge in [0.2, 0.25) is 5.91 Å². The van der Waals surface area contributed by atoms with Gasteiger partial charge in [-0.2, -0.15) is 0 Å². The van der Waals surface area contributed by atoms with Crippen molar-refractivity contribution in [1.29, 1.82) is 0 Å². The molecule has 1 amide bonds. The lowest BCUT2D eigenvalue weighted by atomic mass is 10.3. The highest BCUT2D eigenvalue weighted by Crippen LogP contribution is 2.27. The van der Waals surface area contributed by atoms with Crippen molar-refractivity contribution in [2.45, 2.75) is 12.2 Å². The molecule has 108 valence electrons. The van der Waals surface area contributed by atoms with Crippen molar-refractivity contribution in [3.8, 4) is 0 Å². The Morgan fingerprint density at radius 3 is 3.10 bits per heavy atom. The van der Waals surface area contributed by atoms with Crippen LogP contribution in [0.25, 0.3) is 11.0 Å². The lowest BCUT2D eigenvalue weighted by molar-refractivity contribution is -0.113. The molecule has 2 heterocycles. The number of aromatic nitrogens is 3. The first-order valence-corrected chi connectivity index (χ1v) is 8.41. The van der Waals surface area contributed by atoms with E-state index < -0.39 is 0 Å². The van der Waals surface area contributed by atoms with E-state index in [1.807, 2.05) is 36.6 Å². The van der Waals surface area contributed by atoms with Gasteiger partial charge in [0, 0.05) is 11.6 Å². The van der Waals surface area contributed by atoms with Crippen molar-refractivity contribution in [2.75, 3.05) is 11.1 Å². The molecule has 3 aromatic rings. The van der Waals surface area contributed by atoms with Gasteiger partial charge in [0.05, 0.1) is 22.0 Å². The Morgan fingerprint density at radius 2 is 2.33 bits per heavy atom. The van der Waals surface area contributed by atoms with Crippen LogP contribution in [0.2, 0.25) is 0 Å². The molecule has 0 aliphatic carbocycles. The molecule has 0 fully saturated rings. The maximum Gasteiger partial charge on any atom is 0.236 e. The molecule has 0 radical (unpaired) electrons. The molecular weight excluding hydrogens is 304 g/mol. The van der Waals surface area contributed by atoms with E-state index in [2.05, 4.69) is 20.3 Å². The molecule has 2 aromatic heterocycles. The number of fused-ring (bicyclic) bond motifs is 1. The minimum absolute atomic E-state index is 0.0436. The summed E-state index contributed by atoms with van der Waals surface area (Å²) in [5, 5.41) is 5.37. The maximum absolute atomic E-state index is 11.8. The molecule has 0 aliphatic heterocycles. The second kappa shape index (κ2) is 6.28. The minimum atomic E-state index is -0.0436. The van der Waals surface area contributed by atoms with E-state index in [1.54, 1.807) is 18.0 Å². The van der Waals surface area contributed by atoms with Crippen LogP contribution in [0.1, 0.15) is 18.0 Å². The summed E-state index contributed by atoms with van der Waals surface area (Å²) in [4.78, 5) is 23.7. The number of thiazole rings is 1. The third-order valence-electron chi connectivity index (χ3n) is 2.94. The molecule has 5 nitrogen and oxygen atoms in total. The normalized spacial score (nSPS) is 12.4. The third-order valence-corrected chi connectivity index (χ3v) is 4.78. The van der Waals surface area contributed by atoms with E-state index in [-0.39, 0.29) is 11.2 Å². The predicted molar refractivity (Wildman–Crippen MR) is 87.7 cm³/mol. The number of anilines is 1. The second-order valence-electron chi connectivity index (χ2n) is 4.48. The lowest BCUT2D eigenvalue weighted by Crippen LogP contribution is -2.14. The zero-order valence-corrected chi connectivity index (χ0v) is 13.0. The number of hydrogen-bond donors (Lipinski definition) is 2. The number of thioether (sulfide) groups is 1. The maximum atomic E-state index is 11.8. The Labute approximate surface area is 130 Å². The largest absolute Gasteiger partial charge is 0.341 e. The van der Waals surface area contributed by atoms with Crippen LogP contribution in [0.4, 0.5) is 5.13 Å². The standard InChI is InChI=1S/C14H14N4OS2/c1-9(13-16-10-4-2-3-5-11(10)17-13)21-8-12(19)18-14-15-6-7-20-14/h2-7,9H,8H2,1H3,(H,16,17)(H,15,18,19). The smallest absolute Gasteiger partial charge is 0.236 e. The number of benzene rings is 1. The van der Waals surface area contributed by atoms with Gasteiger partial charge in [-0.15, -0.1) is 23.1 Å². The highest BCUT2D eigenvalue weighted by atomic mass is 32.2. The molecule has 1 atom stereocenters. The fraction of sp³-hybridized carbons (Fsp3) is 0.214. The Bertz CT molecular complexity index is 705. The molecule has 0 saturated carbocycles. The van der Waals surface area contributed by atoms with E-state index in [0.29, 0.717) is 10.9 Å². The van der Waals surface area contributed by atoms with Gasteiger partial charge in [0.1, 0.15) is 5.82 Å². The van der Waals surface area contributed by atoms with Crippen molar-refractivity contribution in [2.24, 2.45) is 0 Å². The van der Waals surface area contributed by atoms with Gasteiger partial charge in [-0.1, -0.05) is 12.1 Å². The molecule has 21 heavy (non-hydrogen) atoms. The molecule has 1 aromatic carbocycles. The molecule has 1 unspecified atom stereocenters. The SMILES string of the molecule is CC(SCC(=O)Nc1nccs1)c1nc2ccccc2[nH]1. The topological polar surface area (TPSA) is 70.7 Å². The summed E-state index contributed by atoms with van der Waals surface area (Å²) in [6.07, 6.45) is 1.67. The molecule has 0 saturated heterocycles. The Balaban J connectivity index is 1.58. The first kappa shape index (κ1) is 14.1. The summed E-state index contributed by atoms with van der Waals surface area (Å²) in [6.45, 7) is 2.04. The van der Waals surface area contributed by atoms with E-state index in [1.165, 1.54) is 11.3 Å². The quantitative estimate of drug-likeness (QED) is 0.756. The van der Waals surface area contributed by atoms with Gasteiger partial charge in [-0.05, 0) is 19.1 Å². The van der Waals surface area contributed by atoms with Crippen molar-refractivity contribution >= 4 is 45.2 Å². The van der Waals surface area contributed by atoms with Crippen LogP contribution in [0, 0.1) is 0 Å². The average molecular weight is 318 g/mol. The number of nitrogens with zero attached hydrogens (tertiary/aromatic N) is 2. The van der Waals surface area contributed by atoms with Gasteiger partial charge in [0.25, 0.3) is 0 Å². The molecule has 0 spiro atoms. The summed E-state index contributed by atoms with van der Waals surface area (Å²) < 4.78 is 0. The van der Waals surface area contributed by atoms with Crippen LogP contribution in [-0.4, -0.2) is 26.6 Å². The number of hydrogen-bond acceptors (Lipinski definition) is 5. The number of carbonyl (C=O) groups excluding carboxylic acids is 1. The Kier molecular flexibility index (Phi) is 4.21. The summed E-state index contributed by atoms with van der Waals surface area (Å²) in [5.41, 5.74) is 1.97. The Morgan fingerprint density at radius 1 is 1.48 bits per heavy atom. The van der Waals surface area contributed by atoms with Gasteiger partial charge in [0.15, 0.2) is 5.13 Å². The number of para-hydroxylation sites is 2. The average Bonchev–Trinajstić information content (AvgIpc) is 3.13. The fourth-order valence-corrected chi connectivity index (χ4v) is 3.17. The van der Waals surface area contributed by atoms with Crippen molar-refractivity contribution in [1.82, 2.24) is 15.0 Å². The number of aromatic amines is 1. The number of H-pyrrole nitrogens is 1. The zero-order chi connectivity index (χ0) is 14.7. The molecule has 0 bridgehead atoms.